The van der Waals surface area contributed by atoms with Gasteiger partial charge in [-0.3, -0.25) is 0 Å². The van der Waals surface area contributed by atoms with Crippen molar-refractivity contribution in [3.63, 3.8) is 0 Å². The largest absolute Gasteiger partial charge is 0.0654 e. The average Bonchev–Trinajstić information content (AvgIpc) is 3.08. The van der Waals surface area contributed by atoms with Crippen LogP contribution in [0.2, 0.25) is 0 Å². The molecule has 0 fully saturated rings. The van der Waals surface area contributed by atoms with Gasteiger partial charge in [0.05, 0.1) is 0 Å². The molecule has 0 aromatic heterocycles. The zero-order valence-electron chi connectivity index (χ0n) is 16.2. The topological polar surface area (TPSA) is 0 Å². The zero-order valence-corrected chi connectivity index (χ0v) is 16.2. The van der Waals surface area contributed by atoms with Crippen LogP contribution < -0.4 is 0 Å². The van der Waals surface area contributed by atoms with E-state index in [2.05, 4.69) is 81.4 Å². The normalized spacial score (nSPS) is 13.3. The van der Waals surface area contributed by atoms with Gasteiger partial charge in [-0.2, -0.15) is 0 Å². The maximum absolute atomic E-state index is 2.47. The van der Waals surface area contributed by atoms with Crippen molar-refractivity contribution >= 4 is 16.8 Å². The van der Waals surface area contributed by atoms with Crippen LogP contribution in [-0.4, -0.2) is 0 Å². The Morgan fingerprint density at radius 2 is 1.73 bits per heavy atom. The van der Waals surface area contributed by atoms with Crippen LogP contribution in [0, 0.1) is 0 Å². The summed E-state index contributed by atoms with van der Waals surface area (Å²) in [5, 5.41) is 2.63. The third kappa shape index (κ3) is 3.21. The van der Waals surface area contributed by atoms with Crippen LogP contribution in [0.4, 0.5) is 0 Å². The van der Waals surface area contributed by atoms with Gasteiger partial charge in [-0.15, -0.1) is 0 Å². The molecule has 0 amide bonds. The van der Waals surface area contributed by atoms with E-state index in [1.54, 1.807) is 5.57 Å². The van der Waals surface area contributed by atoms with Crippen molar-refractivity contribution in [1.29, 1.82) is 0 Å². The fraction of sp³-hybridized carbons (Fsp3) is 0.308. The standard InChI is InChI=1S/C26H28/c1-4-5-8-19-13-24-16-23(18(2)3)17-26(25(24)14-19)22-12-11-20-9-6-7-10-21(20)15-22/h6-7,9-12,14-18H,4-5,8,13H2,1-3H3. The highest BCUT2D eigenvalue weighted by atomic mass is 14.2. The van der Waals surface area contributed by atoms with E-state index in [0.29, 0.717) is 5.92 Å². The lowest BCUT2D eigenvalue weighted by Crippen LogP contribution is -1.95. The Balaban J connectivity index is 1.84. The maximum Gasteiger partial charge on any atom is -0.00575 e. The molecule has 26 heavy (non-hydrogen) atoms. The molecule has 0 saturated heterocycles. The Bertz CT molecular complexity index is 972. The summed E-state index contributed by atoms with van der Waals surface area (Å²) in [6.07, 6.45) is 7.40. The minimum atomic E-state index is 0.555. The molecular formula is C26H28. The van der Waals surface area contributed by atoms with Crippen LogP contribution in [0.3, 0.4) is 0 Å². The number of hydrogen-bond donors (Lipinski definition) is 0. The van der Waals surface area contributed by atoms with E-state index in [9.17, 15) is 0 Å². The van der Waals surface area contributed by atoms with E-state index in [4.69, 9.17) is 0 Å². The van der Waals surface area contributed by atoms with Gasteiger partial charge >= 0.3 is 0 Å². The van der Waals surface area contributed by atoms with Gasteiger partial charge in [-0.1, -0.05) is 87.4 Å². The second-order valence-corrected chi connectivity index (χ2v) is 7.94. The number of unbranched alkanes of at least 4 members (excludes halogenated alkanes) is 1. The molecule has 0 unspecified atom stereocenters. The average molecular weight is 341 g/mol. The first-order valence-electron chi connectivity index (χ1n) is 10.0. The molecule has 0 heterocycles. The first-order chi connectivity index (χ1) is 12.7. The monoisotopic (exact) mass is 340 g/mol. The molecule has 0 N–H and O–H groups in total. The highest BCUT2D eigenvalue weighted by Gasteiger charge is 2.19. The second kappa shape index (κ2) is 7.11. The van der Waals surface area contributed by atoms with Gasteiger partial charge < -0.3 is 0 Å². The number of benzene rings is 3. The third-order valence-corrected chi connectivity index (χ3v) is 5.63. The Morgan fingerprint density at radius 3 is 2.50 bits per heavy atom. The van der Waals surface area contributed by atoms with Crippen LogP contribution in [0.25, 0.3) is 28.0 Å². The molecule has 0 aliphatic heterocycles. The molecule has 1 aliphatic carbocycles. The van der Waals surface area contributed by atoms with Crippen LogP contribution in [0.1, 0.15) is 62.6 Å². The van der Waals surface area contributed by atoms with E-state index in [1.807, 2.05) is 0 Å². The van der Waals surface area contributed by atoms with Gasteiger partial charge in [0, 0.05) is 0 Å². The summed E-state index contributed by atoms with van der Waals surface area (Å²) in [6.45, 7) is 6.87. The Kier molecular flexibility index (Phi) is 4.68. The van der Waals surface area contributed by atoms with Crippen molar-refractivity contribution in [2.24, 2.45) is 0 Å². The summed E-state index contributed by atoms with van der Waals surface area (Å²) in [5.41, 5.74) is 8.78. The molecule has 1 aliphatic rings. The van der Waals surface area contributed by atoms with E-state index < -0.39 is 0 Å². The van der Waals surface area contributed by atoms with Crippen LogP contribution in [0.15, 0.2) is 60.2 Å². The Hall–Kier alpha value is -2.34. The van der Waals surface area contributed by atoms with Gasteiger partial charge in [0.1, 0.15) is 0 Å². The summed E-state index contributed by atoms with van der Waals surface area (Å²) < 4.78 is 0. The molecule has 0 spiro atoms. The fourth-order valence-electron chi connectivity index (χ4n) is 4.05. The van der Waals surface area contributed by atoms with Crippen molar-refractivity contribution in [1.82, 2.24) is 0 Å². The second-order valence-electron chi connectivity index (χ2n) is 7.94. The summed E-state index contributed by atoms with van der Waals surface area (Å²) in [7, 11) is 0. The molecular weight excluding hydrogens is 312 g/mol. The van der Waals surface area contributed by atoms with Gasteiger partial charge in [0.15, 0.2) is 0 Å². The number of fused-ring (bicyclic) bond motifs is 2. The number of rotatable bonds is 5. The predicted molar refractivity (Wildman–Crippen MR) is 115 cm³/mol. The summed E-state index contributed by atoms with van der Waals surface area (Å²) in [5.74, 6) is 0.555. The minimum Gasteiger partial charge on any atom is -0.0654 e. The highest BCUT2D eigenvalue weighted by molar-refractivity contribution is 5.90. The van der Waals surface area contributed by atoms with Crippen molar-refractivity contribution < 1.29 is 0 Å². The molecule has 0 nitrogen and oxygen atoms in total. The first kappa shape index (κ1) is 17.1. The van der Waals surface area contributed by atoms with Gasteiger partial charge in [0.2, 0.25) is 0 Å². The number of hydrogen-bond acceptors (Lipinski definition) is 0. The molecule has 3 aromatic carbocycles. The van der Waals surface area contributed by atoms with Crippen molar-refractivity contribution in [2.45, 2.75) is 52.4 Å². The third-order valence-electron chi connectivity index (χ3n) is 5.63. The molecule has 4 rings (SSSR count). The maximum atomic E-state index is 2.47. The molecule has 132 valence electrons. The summed E-state index contributed by atoms with van der Waals surface area (Å²) in [6, 6.07) is 20.4. The fourth-order valence-corrected chi connectivity index (χ4v) is 4.05. The summed E-state index contributed by atoms with van der Waals surface area (Å²) >= 11 is 0. The Labute approximate surface area is 157 Å². The van der Waals surface area contributed by atoms with E-state index >= 15 is 0 Å². The minimum absolute atomic E-state index is 0.555. The Morgan fingerprint density at radius 1 is 0.923 bits per heavy atom. The molecule has 0 radical (unpaired) electrons. The van der Waals surface area contributed by atoms with Gasteiger partial charge in [-0.05, 0) is 69.8 Å². The van der Waals surface area contributed by atoms with Crippen molar-refractivity contribution in [2.75, 3.05) is 0 Å². The van der Waals surface area contributed by atoms with Crippen LogP contribution in [0.5, 0.6) is 0 Å². The summed E-state index contributed by atoms with van der Waals surface area (Å²) in [4.78, 5) is 0. The molecule has 0 heteroatoms. The molecule has 3 aromatic rings. The van der Waals surface area contributed by atoms with Crippen molar-refractivity contribution in [3.8, 4) is 11.1 Å². The van der Waals surface area contributed by atoms with E-state index in [0.717, 1.165) is 6.42 Å². The quantitative estimate of drug-likeness (QED) is 0.445. The molecule has 0 bridgehead atoms. The number of allylic oxidation sites excluding steroid dienone is 1. The molecule has 0 saturated carbocycles. The lowest BCUT2D eigenvalue weighted by atomic mass is 9.90. The predicted octanol–water partition coefficient (Wildman–Crippen LogP) is 7.76. The SMILES string of the molecule is CCCCC1=Cc2c(cc(C(C)C)cc2-c2ccc3ccccc3c2)C1. The van der Waals surface area contributed by atoms with Crippen molar-refractivity contribution in [3.05, 3.63) is 76.9 Å². The van der Waals surface area contributed by atoms with Crippen LogP contribution >= 0.6 is 0 Å². The highest BCUT2D eigenvalue weighted by Crippen LogP contribution is 2.38. The van der Waals surface area contributed by atoms with Gasteiger partial charge in [-0.25, -0.2) is 0 Å². The van der Waals surface area contributed by atoms with E-state index in [-0.39, 0.29) is 0 Å². The van der Waals surface area contributed by atoms with Gasteiger partial charge in [0.25, 0.3) is 0 Å². The lowest BCUT2D eigenvalue weighted by Gasteiger charge is -2.15. The zero-order chi connectivity index (χ0) is 18.1. The lowest BCUT2D eigenvalue weighted by molar-refractivity contribution is 0.779. The van der Waals surface area contributed by atoms with Crippen LogP contribution in [-0.2, 0) is 6.42 Å². The first-order valence-corrected chi connectivity index (χ1v) is 10.0. The van der Waals surface area contributed by atoms with E-state index in [1.165, 1.54) is 57.9 Å². The smallest absolute Gasteiger partial charge is 0.00575 e. The molecule has 0 atom stereocenters.